The summed E-state index contributed by atoms with van der Waals surface area (Å²) >= 11 is 0. The van der Waals surface area contributed by atoms with Crippen molar-refractivity contribution in [3.8, 4) is 0 Å². The van der Waals surface area contributed by atoms with Crippen molar-refractivity contribution < 1.29 is 0 Å². The van der Waals surface area contributed by atoms with Gasteiger partial charge in [0.05, 0.1) is 5.69 Å². The van der Waals surface area contributed by atoms with Gasteiger partial charge in [0.2, 0.25) is 0 Å². The van der Waals surface area contributed by atoms with E-state index in [2.05, 4.69) is 53.2 Å². The van der Waals surface area contributed by atoms with Crippen molar-refractivity contribution in [3.63, 3.8) is 0 Å². The van der Waals surface area contributed by atoms with Crippen LogP contribution < -0.4 is 10.2 Å². The Bertz CT molecular complexity index is 445. The summed E-state index contributed by atoms with van der Waals surface area (Å²) in [5, 5.41) is 7.86. The molecule has 1 fully saturated rings. The van der Waals surface area contributed by atoms with E-state index in [0.717, 1.165) is 51.5 Å². The predicted octanol–water partition coefficient (Wildman–Crippen LogP) is 0.132. The van der Waals surface area contributed by atoms with Crippen LogP contribution in [0.15, 0.2) is 0 Å². The Morgan fingerprint density at radius 3 is 2.43 bits per heavy atom. The van der Waals surface area contributed by atoms with Crippen molar-refractivity contribution in [3.05, 3.63) is 11.3 Å². The number of hydrogen-bond acceptors (Lipinski definition) is 5. The van der Waals surface area contributed by atoms with Crippen molar-refractivity contribution >= 4 is 5.82 Å². The number of aromatic nitrogens is 2. The molecule has 21 heavy (non-hydrogen) atoms. The number of piperazine rings is 1. The number of rotatable bonds is 6. The zero-order chi connectivity index (χ0) is 15.4. The lowest BCUT2D eigenvalue weighted by Crippen LogP contribution is -2.48. The van der Waals surface area contributed by atoms with Gasteiger partial charge in [-0.25, -0.2) is 0 Å². The highest BCUT2D eigenvalue weighted by molar-refractivity contribution is 5.50. The smallest absolute Gasteiger partial charge is 0.131 e. The summed E-state index contributed by atoms with van der Waals surface area (Å²) in [7, 11) is 8.33. The van der Waals surface area contributed by atoms with Crippen LogP contribution >= 0.6 is 0 Å². The molecule has 0 aliphatic carbocycles. The third kappa shape index (κ3) is 3.96. The van der Waals surface area contributed by atoms with Gasteiger partial charge >= 0.3 is 0 Å². The fraction of sp³-hybridized carbons (Fsp3) is 0.800. The molecule has 0 aromatic carbocycles. The first-order valence-electron chi connectivity index (χ1n) is 7.82. The van der Waals surface area contributed by atoms with Crippen molar-refractivity contribution in [2.45, 2.75) is 13.5 Å². The first-order valence-corrected chi connectivity index (χ1v) is 7.82. The van der Waals surface area contributed by atoms with E-state index in [0.29, 0.717) is 0 Å². The fourth-order valence-corrected chi connectivity index (χ4v) is 2.99. The summed E-state index contributed by atoms with van der Waals surface area (Å²) in [6, 6.07) is 0. The molecule has 2 rings (SSSR count). The molecule has 0 atom stereocenters. The van der Waals surface area contributed by atoms with Gasteiger partial charge in [0.1, 0.15) is 5.82 Å². The maximum absolute atomic E-state index is 4.60. The molecule has 1 aromatic heterocycles. The number of nitrogens with zero attached hydrogens (tertiary/aromatic N) is 5. The summed E-state index contributed by atoms with van der Waals surface area (Å²) in [5.41, 5.74) is 2.47. The number of hydrogen-bond donors (Lipinski definition) is 1. The highest BCUT2D eigenvalue weighted by Gasteiger charge is 2.23. The highest BCUT2D eigenvalue weighted by Crippen LogP contribution is 2.24. The molecule has 0 radical (unpaired) electrons. The second-order valence-corrected chi connectivity index (χ2v) is 6.17. The summed E-state index contributed by atoms with van der Waals surface area (Å²) < 4.78 is 2.04. The lowest BCUT2D eigenvalue weighted by molar-refractivity contribution is 0.228. The summed E-state index contributed by atoms with van der Waals surface area (Å²) in [6.45, 7) is 9.73. The van der Waals surface area contributed by atoms with Gasteiger partial charge in [-0.15, -0.1) is 0 Å². The maximum Gasteiger partial charge on any atom is 0.131 e. The summed E-state index contributed by atoms with van der Waals surface area (Å²) in [5.74, 6) is 1.29. The van der Waals surface area contributed by atoms with Crippen LogP contribution in [0.3, 0.4) is 0 Å². The molecule has 1 N–H and O–H groups in total. The van der Waals surface area contributed by atoms with Gasteiger partial charge in [-0.05, 0) is 28.1 Å². The van der Waals surface area contributed by atoms with E-state index < -0.39 is 0 Å². The molecule has 1 saturated heterocycles. The van der Waals surface area contributed by atoms with Crippen LogP contribution in [0.25, 0.3) is 0 Å². The zero-order valence-corrected chi connectivity index (χ0v) is 14.2. The van der Waals surface area contributed by atoms with E-state index in [-0.39, 0.29) is 0 Å². The lowest BCUT2D eigenvalue weighted by atomic mass is 10.2. The fourth-order valence-electron chi connectivity index (χ4n) is 2.99. The molecule has 1 aliphatic rings. The largest absolute Gasteiger partial charge is 0.354 e. The van der Waals surface area contributed by atoms with Crippen LogP contribution in [0, 0.1) is 6.92 Å². The Hall–Kier alpha value is -1.11. The third-order valence-electron chi connectivity index (χ3n) is 4.20. The minimum Gasteiger partial charge on any atom is -0.354 e. The molecule has 1 aliphatic heterocycles. The molecule has 6 nitrogen and oxygen atoms in total. The molecule has 0 unspecified atom stereocenters. The molecule has 1 aromatic rings. The minimum absolute atomic E-state index is 0.885. The Morgan fingerprint density at radius 1 is 1.19 bits per heavy atom. The van der Waals surface area contributed by atoms with Crippen LogP contribution in [0.2, 0.25) is 0 Å². The van der Waals surface area contributed by atoms with E-state index in [1.807, 2.05) is 11.7 Å². The van der Waals surface area contributed by atoms with Crippen LogP contribution in [-0.4, -0.2) is 80.0 Å². The van der Waals surface area contributed by atoms with Crippen molar-refractivity contribution in [1.82, 2.24) is 24.9 Å². The quantitative estimate of drug-likeness (QED) is 0.808. The van der Waals surface area contributed by atoms with Gasteiger partial charge in [0, 0.05) is 58.4 Å². The molecule has 2 heterocycles. The average Bonchev–Trinajstić information content (AvgIpc) is 2.72. The SMILES string of the molecule is CNCc1c(C)nn(C)c1N1CCN(CCN(C)C)CC1. The van der Waals surface area contributed by atoms with Crippen LogP contribution in [0.4, 0.5) is 5.82 Å². The standard InChI is InChI=1S/C15H30N6/c1-13-14(12-16-2)15(19(5)17-13)21-10-8-20(9-11-21)7-6-18(3)4/h16H,6-12H2,1-5H3. The van der Waals surface area contributed by atoms with E-state index in [9.17, 15) is 0 Å². The maximum atomic E-state index is 4.60. The normalized spacial score (nSPS) is 17.0. The van der Waals surface area contributed by atoms with Crippen LogP contribution in [0.1, 0.15) is 11.3 Å². The Labute approximate surface area is 128 Å². The molecular formula is C15H30N6. The first-order chi connectivity index (χ1) is 10.0. The molecular weight excluding hydrogens is 264 g/mol. The van der Waals surface area contributed by atoms with E-state index >= 15 is 0 Å². The van der Waals surface area contributed by atoms with Gasteiger partial charge in [-0.2, -0.15) is 5.10 Å². The van der Waals surface area contributed by atoms with Crippen molar-refractivity contribution in [2.75, 3.05) is 65.3 Å². The Morgan fingerprint density at radius 2 is 1.86 bits per heavy atom. The van der Waals surface area contributed by atoms with Gasteiger partial charge in [0.15, 0.2) is 0 Å². The minimum atomic E-state index is 0.885. The van der Waals surface area contributed by atoms with Crippen molar-refractivity contribution in [2.24, 2.45) is 7.05 Å². The van der Waals surface area contributed by atoms with E-state index in [4.69, 9.17) is 0 Å². The van der Waals surface area contributed by atoms with Gasteiger partial charge < -0.3 is 15.1 Å². The number of likely N-dealkylation sites (N-methyl/N-ethyl adjacent to an activating group) is 1. The van der Waals surface area contributed by atoms with Crippen molar-refractivity contribution in [1.29, 1.82) is 0 Å². The topological polar surface area (TPSA) is 39.6 Å². The molecule has 0 spiro atoms. The zero-order valence-electron chi connectivity index (χ0n) is 14.2. The van der Waals surface area contributed by atoms with E-state index in [1.54, 1.807) is 0 Å². The first kappa shape index (κ1) is 16.3. The Kier molecular flexibility index (Phi) is 5.61. The summed E-state index contributed by atoms with van der Waals surface area (Å²) in [6.07, 6.45) is 0. The van der Waals surface area contributed by atoms with Crippen LogP contribution in [-0.2, 0) is 13.6 Å². The molecule has 0 saturated carbocycles. The van der Waals surface area contributed by atoms with Gasteiger partial charge in [-0.1, -0.05) is 0 Å². The van der Waals surface area contributed by atoms with Gasteiger partial charge in [-0.3, -0.25) is 9.58 Å². The number of anilines is 1. The van der Waals surface area contributed by atoms with Gasteiger partial charge in [0.25, 0.3) is 0 Å². The Balaban J connectivity index is 1.99. The number of nitrogens with one attached hydrogen (secondary N) is 1. The summed E-state index contributed by atoms with van der Waals surface area (Å²) in [4.78, 5) is 7.29. The molecule has 0 amide bonds. The molecule has 120 valence electrons. The van der Waals surface area contributed by atoms with E-state index in [1.165, 1.54) is 11.4 Å². The second kappa shape index (κ2) is 7.24. The predicted molar refractivity (Wildman–Crippen MR) is 87.9 cm³/mol. The average molecular weight is 294 g/mol. The molecule has 6 heteroatoms. The lowest BCUT2D eigenvalue weighted by Gasteiger charge is -2.36. The third-order valence-corrected chi connectivity index (χ3v) is 4.20. The molecule has 0 bridgehead atoms. The number of aryl methyl sites for hydroxylation is 2. The van der Waals surface area contributed by atoms with Crippen LogP contribution in [0.5, 0.6) is 0 Å². The monoisotopic (exact) mass is 294 g/mol. The highest BCUT2D eigenvalue weighted by atomic mass is 15.4. The second-order valence-electron chi connectivity index (χ2n) is 6.17.